The van der Waals surface area contributed by atoms with Crippen molar-refractivity contribution < 1.29 is 24.2 Å². The van der Waals surface area contributed by atoms with E-state index < -0.39 is 5.97 Å². The van der Waals surface area contributed by atoms with Gasteiger partial charge in [0.05, 0.1) is 13.7 Å². The molecule has 2 rings (SSSR count). The summed E-state index contributed by atoms with van der Waals surface area (Å²) in [6.45, 7) is 0.338. The normalized spacial score (nSPS) is 10.1. The maximum atomic E-state index is 12.1. The maximum absolute atomic E-state index is 12.1. The second-order valence-corrected chi connectivity index (χ2v) is 5.56. The number of aliphatic carboxylic acids is 1. The van der Waals surface area contributed by atoms with Crippen LogP contribution in [0.15, 0.2) is 35.7 Å². The van der Waals surface area contributed by atoms with E-state index in [0.29, 0.717) is 35.1 Å². The molecule has 1 aromatic heterocycles. The van der Waals surface area contributed by atoms with Gasteiger partial charge in [-0.3, -0.25) is 9.59 Å². The molecular formula is C16H17NO5S. The molecule has 2 N–H and O–H groups in total. The molecule has 122 valence electrons. The van der Waals surface area contributed by atoms with Crippen LogP contribution in [0.1, 0.15) is 22.5 Å². The summed E-state index contributed by atoms with van der Waals surface area (Å²) in [4.78, 5) is 23.1. The minimum Gasteiger partial charge on any atom is -0.495 e. The predicted octanol–water partition coefficient (Wildman–Crippen LogP) is 3.25. The van der Waals surface area contributed by atoms with Crippen LogP contribution in [0.3, 0.4) is 0 Å². The first-order valence-corrected chi connectivity index (χ1v) is 7.85. The summed E-state index contributed by atoms with van der Waals surface area (Å²) < 4.78 is 10.6. The van der Waals surface area contributed by atoms with Gasteiger partial charge in [-0.25, -0.2) is 0 Å². The fourth-order valence-corrected chi connectivity index (χ4v) is 2.61. The van der Waals surface area contributed by atoms with Crippen LogP contribution in [0.2, 0.25) is 0 Å². The molecule has 0 bridgehead atoms. The smallest absolute Gasteiger partial charge is 0.303 e. The third-order valence-electron chi connectivity index (χ3n) is 2.97. The van der Waals surface area contributed by atoms with Crippen LogP contribution in [0.5, 0.6) is 11.5 Å². The van der Waals surface area contributed by atoms with Gasteiger partial charge in [0.1, 0.15) is 16.4 Å². The van der Waals surface area contributed by atoms with Crippen molar-refractivity contribution in [2.75, 3.05) is 19.0 Å². The summed E-state index contributed by atoms with van der Waals surface area (Å²) >= 11 is 1.31. The van der Waals surface area contributed by atoms with E-state index in [1.165, 1.54) is 18.4 Å². The zero-order chi connectivity index (χ0) is 16.7. The molecule has 23 heavy (non-hydrogen) atoms. The van der Waals surface area contributed by atoms with Gasteiger partial charge in [0.25, 0.3) is 5.91 Å². The molecule has 1 amide bonds. The second kappa shape index (κ2) is 8.19. The first-order chi connectivity index (χ1) is 11.1. The van der Waals surface area contributed by atoms with Crippen molar-refractivity contribution in [3.8, 4) is 11.5 Å². The number of carbonyl (C=O) groups excluding carboxylic acids is 1. The highest BCUT2D eigenvalue weighted by Gasteiger charge is 2.13. The third kappa shape index (κ3) is 5.00. The third-order valence-corrected chi connectivity index (χ3v) is 3.87. The number of methoxy groups -OCH3 is 1. The van der Waals surface area contributed by atoms with Gasteiger partial charge in [-0.05, 0) is 42.1 Å². The van der Waals surface area contributed by atoms with E-state index in [1.54, 1.807) is 35.7 Å². The average Bonchev–Trinajstić information content (AvgIpc) is 3.01. The summed E-state index contributed by atoms with van der Waals surface area (Å²) in [7, 11) is 1.52. The van der Waals surface area contributed by atoms with Crippen LogP contribution in [0, 0.1) is 0 Å². The van der Waals surface area contributed by atoms with Crippen LogP contribution in [0.4, 0.5) is 5.69 Å². The Kier molecular flexibility index (Phi) is 5.99. The molecular weight excluding hydrogens is 318 g/mol. The van der Waals surface area contributed by atoms with Crippen LogP contribution in [-0.4, -0.2) is 30.7 Å². The monoisotopic (exact) mass is 335 g/mol. The summed E-state index contributed by atoms with van der Waals surface area (Å²) in [6.07, 6.45) is 0.531. The largest absolute Gasteiger partial charge is 0.495 e. The molecule has 0 unspecified atom stereocenters. The number of amides is 1. The Morgan fingerprint density at radius 3 is 2.61 bits per heavy atom. The van der Waals surface area contributed by atoms with E-state index in [4.69, 9.17) is 14.6 Å². The second-order valence-electron chi connectivity index (χ2n) is 4.64. The number of nitrogens with one attached hydrogen (secondary N) is 1. The van der Waals surface area contributed by atoms with Crippen molar-refractivity contribution in [3.05, 3.63) is 40.6 Å². The molecule has 1 heterocycles. The summed E-state index contributed by atoms with van der Waals surface area (Å²) in [6, 6.07) is 8.65. The molecule has 2 aromatic rings. The lowest BCUT2D eigenvalue weighted by atomic mass is 10.3. The number of hydrogen-bond donors (Lipinski definition) is 2. The summed E-state index contributed by atoms with van der Waals surface area (Å²) in [5, 5.41) is 13.1. The quantitative estimate of drug-likeness (QED) is 0.723. The number of benzene rings is 1. The summed E-state index contributed by atoms with van der Waals surface area (Å²) in [5.74, 6) is 0.107. The lowest BCUT2D eigenvalue weighted by Crippen LogP contribution is -2.11. The van der Waals surface area contributed by atoms with Gasteiger partial charge in [-0.2, -0.15) is 0 Å². The Morgan fingerprint density at radius 1 is 1.22 bits per heavy atom. The van der Waals surface area contributed by atoms with Crippen LogP contribution in [0.25, 0.3) is 0 Å². The number of hydrogen-bond acceptors (Lipinski definition) is 5. The number of anilines is 1. The molecule has 0 fully saturated rings. The van der Waals surface area contributed by atoms with Gasteiger partial charge in [-0.1, -0.05) is 0 Å². The molecule has 0 atom stereocenters. The van der Waals surface area contributed by atoms with E-state index in [1.807, 2.05) is 0 Å². The topological polar surface area (TPSA) is 84.9 Å². The Hall–Kier alpha value is -2.54. The number of carboxylic acids is 1. The minimum atomic E-state index is -0.837. The van der Waals surface area contributed by atoms with E-state index in [0.717, 1.165) is 0 Å². The van der Waals surface area contributed by atoms with Crippen molar-refractivity contribution in [2.45, 2.75) is 12.8 Å². The minimum absolute atomic E-state index is 0.0801. The molecule has 0 saturated carbocycles. The van der Waals surface area contributed by atoms with Crippen LogP contribution in [-0.2, 0) is 4.79 Å². The number of rotatable bonds is 8. The zero-order valence-electron chi connectivity index (χ0n) is 12.6. The standard InChI is InChI=1S/C16H17NO5S/c1-21-13-8-10-23-15(13)16(20)17-11-4-6-12(7-5-11)22-9-2-3-14(18)19/h4-8,10H,2-3,9H2,1H3,(H,17,20)(H,18,19). The van der Waals surface area contributed by atoms with Crippen molar-refractivity contribution in [2.24, 2.45) is 0 Å². The van der Waals surface area contributed by atoms with E-state index >= 15 is 0 Å². The molecule has 6 nitrogen and oxygen atoms in total. The van der Waals surface area contributed by atoms with Crippen molar-refractivity contribution in [1.29, 1.82) is 0 Å². The fraction of sp³-hybridized carbons (Fsp3) is 0.250. The lowest BCUT2D eigenvalue weighted by molar-refractivity contribution is -0.137. The Labute approximate surface area is 137 Å². The van der Waals surface area contributed by atoms with E-state index in [2.05, 4.69) is 5.32 Å². The average molecular weight is 335 g/mol. The van der Waals surface area contributed by atoms with Gasteiger partial charge in [0.15, 0.2) is 0 Å². The Bertz CT molecular complexity index is 665. The molecule has 0 aliphatic heterocycles. The SMILES string of the molecule is COc1ccsc1C(=O)Nc1ccc(OCCCC(=O)O)cc1. The molecule has 0 aliphatic carbocycles. The zero-order valence-corrected chi connectivity index (χ0v) is 13.4. The first kappa shape index (κ1) is 16.8. The van der Waals surface area contributed by atoms with Crippen molar-refractivity contribution in [1.82, 2.24) is 0 Å². The molecule has 0 spiro atoms. The fourth-order valence-electron chi connectivity index (χ4n) is 1.86. The van der Waals surface area contributed by atoms with Crippen molar-refractivity contribution >= 4 is 28.9 Å². The Balaban J connectivity index is 1.87. The van der Waals surface area contributed by atoms with Crippen LogP contribution < -0.4 is 14.8 Å². The number of carbonyl (C=O) groups is 2. The van der Waals surface area contributed by atoms with Gasteiger partial charge in [0, 0.05) is 12.1 Å². The molecule has 7 heteroatoms. The highest BCUT2D eigenvalue weighted by atomic mass is 32.1. The predicted molar refractivity (Wildman–Crippen MR) is 87.6 cm³/mol. The number of ether oxygens (including phenoxy) is 2. The lowest BCUT2D eigenvalue weighted by Gasteiger charge is -2.08. The number of thiophene rings is 1. The van der Waals surface area contributed by atoms with Crippen molar-refractivity contribution in [3.63, 3.8) is 0 Å². The van der Waals surface area contributed by atoms with Gasteiger partial charge in [-0.15, -0.1) is 11.3 Å². The maximum Gasteiger partial charge on any atom is 0.303 e. The Morgan fingerprint density at radius 2 is 1.96 bits per heavy atom. The molecule has 0 aliphatic rings. The highest BCUT2D eigenvalue weighted by Crippen LogP contribution is 2.25. The van der Waals surface area contributed by atoms with E-state index in [9.17, 15) is 9.59 Å². The van der Waals surface area contributed by atoms with Gasteiger partial charge >= 0.3 is 5.97 Å². The van der Waals surface area contributed by atoms with Crippen LogP contribution >= 0.6 is 11.3 Å². The molecule has 1 aromatic carbocycles. The molecule has 0 saturated heterocycles. The summed E-state index contributed by atoms with van der Waals surface area (Å²) in [5.41, 5.74) is 0.642. The number of carboxylic acid groups (broad SMARTS) is 1. The molecule has 0 radical (unpaired) electrons. The van der Waals surface area contributed by atoms with Gasteiger partial charge in [0.2, 0.25) is 0 Å². The van der Waals surface area contributed by atoms with Gasteiger partial charge < -0.3 is 19.9 Å². The highest BCUT2D eigenvalue weighted by molar-refractivity contribution is 7.12. The first-order valence-electron chi connectivity index (χ1n) is 6.97. The van der Waals surface area contributed by atoms with E-state index in [-0.39, 0.29) is 12.3 Å².